The van der Waals surface area contributed by atoms with Crippen LogP contribution in [0.3, 0.4) is 0 Å². The van der Waals surface area contributed by atoms with Crippen molar-refractivity contribution in [3.63, 3.8) is 0 Å². The minimum Gasteiger partial charge on any atom is -0.309 e. The van der Waals surface area contributed by atoms with Gasteiger partial charge >= 0.3 is 0 Å². The van der Waals surface area contributed by atoms with E-state index in [9.17, 15) is 4.79 Å². The summed E-state index contributed by atoms with van der Waals surface area (Å²) in [5.41, 5.74) is 3.44. The first-order valence-corrected chi connectivity index (χ1v) is 12.1. The Balaban J connectivity index is 1.42. The summed E-state index contributed by atoms with van der Waals surface area (Å²) in [4.78, 5) is 18.5. The lowest BCUT2D eigenvalue weighted by Crippen LogP contribution is -2.38. The van der Waals surface area contributed by atoms with Crippen LogP contribution in [0.15, 0.2) is 108 Å². The van der Waals surface area contributed by atoms with Crippen LogP contribution >= 0.6 is 23.2 Å². The third-order valence-electron chi connectivity index (χ3n) is 6.08. The maximum absolute atomic E-state index is 13.5. The van der Waals surface area contributed by atoms with Crippen molar-refractivity contribution in [1.82, 2.24) is 10.6 Å². The van der Waals surface area contributed by atoms with Crippen LogP contribution in [0.2, 0.25) is 10.0 Å². The fraction of sp³-hybridized carbons (Fsp3) is 0.103. The van der Waals surface area contributed by atoms with E-state index in [0.717, 1.165) is 27.8 Å². The van der Waals surface area contributed by atoms with Crippen molar-refractivity contribution in [1.29, 1.82) is 0 Å². The van der Waals surface area contributed by atoms with Crippen LogP contribution in [-0.2, 0) is 23.4 Å². The van der Waals surface area contributed by atoms with Crippen molar-refractivity contribution in [2.24, 2.45) is 4.99 Å². The summed E-state index contributed by atoms with van der Waals surface area (Å²) in [5.74, 6) is 0.399. The summed E-state index contributed by atoms with van der Waals surface area (Å²) < 4.78 is 0. The van der Waals surface area contributed by atoms with E-state index in [1.54, 1.807) is 6.07 Å². The van der Waals surface area contributed by atoms with Crippen LogP contribution in [0.5, 0.6) is 0 Å². The molecule has 0 fully saturated rings. The summed E-state index contributed by atoms with van der Waals surface area (Å²) in [7, 11) is 0. The second-order valence-electron chi connectivity index (χ2n) is 8.40. The molecule has 0 unspecified atom stereocenters. The minimum absolute atomic E-state index is 0.161. The molecule has 35 heavy (non-hydrogen) atoms. The Morgan fingerprint density at radius 3 is 2.11 bits per heavy atom. The fourth-order valence-electron chi connectivity index (χ4n) is 4.33. The number of rotatable bonds is 7. The van der Waals surface area contributed by atoms with Crippen LogP contribution < -0.4 is 10.6 Å². The van der Waals surface area contributed by atoms with Crippen LogP contribution in [0.4, 0.5) is 0 Å². The van der Waals surface area contributed by atoms with E-state index in [1.807, 2.05) is 97.1 Å². The lowest BCUT2D eigenvalue weighted by Gasteiger charge is -2.24. The predicted molar refractivity (Wildman–Crippen MR) is 142 cm³/mol. The Labute approximate surface area is 214 Å². The van der Waals surface area contributed by atoms with Crippen molar-refractivity contribution in [3.05, 3.63) is 141 Å². The van der Waals surface area contributed by atoms with E-state index < -0.39 is 5.54 Å². The molecule has 1 aliphatic heterocycles. The van der Waals surface area contributed by atoms with Gasteiger partial charge in [0, 0.05) is 28.7 Å². The average molecular weight is 500 g/mol. The summed E-state index contributed by atoms with van der Waals surface area (Å²) in [6, 6.07) is 32.9. The Morgan fingerprint density at radius 2 is 1.46 bits per heavy atom. The Morgan fingerprint density at radius 1 is 0.771 bits per heavy atom. The summed E-state index contributed by atoms with van der Waals surface area (Å²) in [6.07, 6.45) is 0. The molecular formula is C29H23Cl2N3O. The monoisotopic (exact) mass is 499 g/mol. The van der Waals surface area contributed by atoms with Gasteiger partial charge in [-0.25, -0.2) is 4.99 Å². The average Bonchev–Trinajstić information content (AvgIpc) is 3.25. The van der Waals surface area contributed by atoms with Gasteiger partial charge in [0.2, 0.25) is 0 Å². The molecule has 4 aromatic rings. The van der Waals surface area contributed by atoms with Crippen LogP contribution in [0.1, 0.15) is 27.8 Å². The number of carbonyl (C=O) groups is 1. The molecular weight excluding hydrogens is 477 g/mol. The van der Waals surface area contributed by atoms with Crippen LogP contribution in [0.25, 0.3) is 0 Å². The summed E-state index contributed by atoms with van der Waals surface area (Å²) in [6.45, 7) is 1.25. The zero-order valence-corrected chi connectivity index (χ0v) is 20.4. The molecule has 1 heterocycles. The Kier molecular flexibility index (Phi) is 6.69. The van der Waals surface area contributed by atoms with Crippen molar-refractivity contribution in [2.45, 2.75) is 18.6 Å². The minimum atomic E-state index is -1.13. The number of aliphatic imine (C=N–C) groups is 1. The molecule has 4 nitrogen and oxygen atoms in total. The summed E-state index contributed by atoms with van der Waals surface area (Å²) >= 11 is 12.3. The van der Waals surface area contributed by atoms with Gasteiger partial charge in [-0.15, -0.1) is 0 Å². The quantitative estimate of drug-likeness (QED) is 0.322. The Hall–Kier alpha value is -3.44. The van der Waals surface area contributed by atoms with E-state index in [1.165, 1.54) is 0 Å². The molecule has 174 valence electrons. The molecule has 2 N–H and O–H groups in total. The fourth-order valence-corrected chi connectivity index (χ4v) is 4.81. The van der Waals surface area contributed by atoms with E-state index in [4.69, 9.17) is 28.2 Å². The lowest BCUT2D eigenvalue weighted by atomic mass is 9.83. The standard InChI is InChI=1S/C29H23Cl2N3O/c30-25-15-14-22(26(31)17-25)19-32-18-20-8-7-9-21(16-20)27-33-28(35)29(34-27,23-10-3-1-4-11-23)24-12-5-2-6-13-24/h1-17,32H,18-19H2,(H,33,34,35). The number of benzene rings is 4. The highest BCUT2D eigenvalue weighted by Gasteiger charge is 2.46. The predicted octanol–water partition coefficient (Wildman–Crippen LogP) is 6.10. The van der Waals surface area contributed by atoms with E-state index in [2.05, 4.69) is 10.6 Å². The molecule has 0 saturated heterocycles. The number of amides is 1. The molecule has 0 bridgehead atoms. The van der Waals surface area contributed by atoms with Gasteiger partial charge in [-0.3, -0.25) is 4.79 Å². The van der Waals surface area contributed by atoms with Gasteiger partial charge in [-0.05, 0) is 40.5 Å². The third kappa shape index (κ3) is 4.73. The molecule has 0 radical (unpaired) electrons. The number of nitrogens with one attached hydrogen (secondary N) is 2. The normalized spacial score (nSPS) is 14.5. The molecule has 0 aromatic heterocycles. The molecule has 1 amide bonds. The number of amidine groups is 1. The number of hydrogen-bond donors (Lipinski definition) is 2. The smallest absolute Gasteiger partial charge is 0.262 e. The van der Waals surface area contributed by atoms with E-state index >= 15 is 0 Å². The van der Waals surface area contributed by atoms with Crippen molar-refractivity contribution < 1.29 is 4.79 Å². The highest BCUT2D eigenvalue weighted by Crippen LogP contribution is 2.37. The highest BCUT2D eigenvalue weighted by molar-refractivity contribution is 6.35. The first-order valence-electron chi connectivity index (χ1n) is 11.3. The van der Waals surface area contributed by atoms with E-state index in [0.29, 0.717) is 29.0 Å². The van der Waals surface area contributed by atoms with Crippen molar-refractivity contribution in [2.75, 3.05) is 0 Å². The molecule has 0 atom stereocenters. The zero-order valence-electron chi connectivity index (χ0n) is 18.8. The maximum Gasteiger partial charge on any atom is 0.262 e. The van der Waals surface area contributed by atoms with E-state index in [-0.39, 0.29) is 5.91 Å². The van der Waals surface area contributed by atoms with Crippen molar-refractivity contribution in [3.8, 4) is 0 Å². The summed E-state index contributed by atoms with van der Waals surface area (Å²) in [5, 5.41) is 7.72. The van der Waals surface area contributed by atoms with Gasteiger partial charge in [0.25, 0.3) is 5.91 Å². The zero-order chi connectivity index (χ0) is 24.3. The highest BCUT2D eigenvalue weighted by atomic mass is 35.5. The SMILES string of the molecule is O=C1NC(c2cccc(CNCc3ccc(Cl)cc3Cl)c2)=NC1(c1ccccc1)c1ccccc1. The molecule has 1 aliphatic rings. The Bertz CT molecular complexity index is 1350. The first kappa shape index (κ1) is 23.3. The maximum atomic E-state index is 13.5. The number of halogens is 2. The van der Waals surface area contributed by atoms with Crippen LogP contribution in [-0.4, -0.2) is 11.7 Å². The number of hydrogen-bond acceptors (Lipinski definition) is 3. The molecule has 0 aliphatic carbocycles. The van der Waals surface area contributed by atoms with Gasteiger partial charge in [-0.1, -0.05) is 108 Å². The van der Waals surface area contributed by atoms with Gasteiger partial charge in [0.15, 0.2) is 5.54 Å². The molecule has 6 heteroatoms. The number of nitrogens with zero attached hydrogens (tertiary/aromatic N) is 1. The number of carbonyl (C=O) groups excluding carboxylic acids is 1. The molecule has 4 aromatic carbocycles. The second-order valence-corrected chi connectivity index (χ2v) is 9.24. The molecule has 0 spiro atoms. The third-order valence-corrected chi connectivity index (χ3v) is 6.67. The molecule has 5 rings (SSSR count). The molecule has 0 saturated carbocycles. The van der Waals surface area contributed by atoms with Gasteiger partial charge in [0.05, 0.1) is 0 Å². The van der Waals surface area contributed by atoms with Crippen LogP contribution in [0, 0.1) is 0 Å². The lowest BCUT2D eigenvalue weighted by molar-refractivity contribution is -0.122. The van der Waals surface area contributed by atoms with Crippen molar-refractivity contribution >= 4 is 34.9 Å². The van der Waals surface area contributed by atoms with Gasteiger partial charge in [-0.2, -0.15) is 0 Å². The second kappa shape index (κ2) is 10.0. The van der Waals surface area contributed by atoms with Gasteiger partial charge < -0.3 is 10.6 Å². The largest absolute Gasteiger partial charge is 0.309 e. The topological polar surface area (TPSA) is 53.5 Å². The van der Waals surface area contributed by atoms with Gasteiger partial charge in [0.1, 0.15) is 5.84 Å². The first-order chi connectivity index (χ1) is 17.1.